The van der Waals surface area contributed by atoms with E-state index in [0.717, 1.165) is 0 Å². The molecule has 1 aromatic carbocycles. The minimum atomic E-state index is -3.54. The van der Waals surface area contributed by atoms with Crippen molar-refractivity contribution in [3.63, 3.8) is 0 Å². The Hall–Kier alpha value is -1.64. The Labute approximate surface area is 182 Å². The van der Waals surface area contributed by atoms with Crippen LogP contribution < -0.4 is 0 Å². The Morgan fingerprint density at radius 3 is 2.40 bits per heavy atom. The average Bonchev–Trinajstić information content (AvgIpc) is 3.08. The molecule has 166 valence electrons. The van der Waals surface area contributed by atoms with Gasteiger partial charge < -0.3 is 13.8 Å². The largest absolute Gasteiger partial charge is 0.459 e. The molecule has 2 unspecified atom stereocenters. The van der Waals surface area contributed by atoms with Gasteiger partial charge in [0.25, 0.3) is 0 Å². The summed E-state index contributed by atoms with van der Waals surface area (Å²) in [7, 11) is -3.49. The fourth-order valence-corrected chi connectivity index (χ4v) is 4.46. The van der Waals surface area contributed by atoms with Crippen LogP contribution in [0.2, 0.25) is 0 Å². The highest BCUT2D eigenvalue weighted by Crippen LogP contribution is 2.50. The molecule has 0 saturated carbocycles. The predicted octanol–water partition coefficient (Wildman–Crippen LogP) is 5.17. The van der Waals surface area contributed by atoms with Gasteiger partial charge in [-0.05, 0) is 39.8 Å². The van der Waals surface area contributed by atoms with E-state index in [0.29, 0.717) is 4.47 Å². The van der Waals surface area contributed by atoms with Gasteiger partial charge in [0.15, 0.2) is 5.82 Å². The highest BCUT2D eigenvalue weighted by molar-refractivity contribution is 9.10. The highest BCUT2D eigenvalue weighted by Gasteiger charge is 2.43. The van der Waals surface area contributed by atoms with Crippen LogP contribution in [0.3, 0.4) is 0 Å². The van der Waals surface area contributed by atoms with Crippen molar-refractivity contribution in [2.75, 3.05) is 13.3 Å². The molecule has 2 atom stereocenters. The lowest BCUT2D eigenvalue weighted by Gasteiger charge is -2.26. The van der Waals surface area contributed by atoms with Gasteiger partial charge in [0.1, 0.15) is 11.3 Å². The highest BCUT2D eigenvalue weighted by atomic mass is 79.9. The summed E-state index contributed by atoms with van der Waals surface area (Å²) < 4.78 is 58.4. The molecule has 30 heavy (non-hydrogen) atoms. The van der Waals surface area contributed by atoms with Crippen molar-refractivity contribution in [3.05, 3.63) is 46.0 Å². The summed E-state index contributed by atoms with van der Waals surface area (Å²) >= 11 is 3.19. The molecular weight excluding hydrogens is 485 g/mol. The van der Waals surface area contributed by atoms with E-state index in [2.05, 4.69) is 26.1 Å². The van der Waals surface area contributed by atoms with E-state index >= 15 is 0 Å². The Bertz CT molecular complexity index is 928. The molecule has 11 heteroatoms. The summed E-state index contributed by atoms with van der Waals surface area (Å²) in [6.45, 7) is 8.01. The Morgan fingerprint density at radius 1 is 1.27 bits per heavy atom. The van der Waals surface area contributed by atoms with Crippen LogP contribution in [0.15, 0.2) is 33.3 Å². The van der Waals surface area contributed by atoms with Crippen LogP contribution in [-0.4, -0.2) is 40.6 Å². The van der Waals surface area contributed by atoms with E-state index < -0.39 is 36.4 Å². The van der Waals surface area contributed by atoms with Gasteiger partial charge in [-0.1, -0.05) is 33.2 Å². The maximum absolute atomic E-state index is 14.7. The van der Waals surface area contributed by atoms with Crippen LogP contribution in [0.25, 0.3) is 0 Å². The normalized spacial score (nSPS) is 15.5. The Morgan fingerprint density at radius 2 is 1.87 bits per heavy atom. The SMILES string of the molecule is CCOP(C)(=O)C(Cc1noc(C(F)(F)c2ccc(Br)cc2)n1)C(=O)OC(C)(C)C. The summed E-state index contributed by atoms with van der Waals surface area (Å²) in [5.74, 6) is -5.44. The first-order valence-electron chi connectivity index (χ1n) is 9.18. The second kappa shape index (κ2) is 9.24. The Kier molecular flexibility index (Phi) is 7.59. The zero-order valence-corrected chi connectivity index (χ0v) is 19.8. The van der Waals surface area contributed by atoms with Gasteiger partial charge in [0, 0.05) is 23.1 Å². The number of aromatic nitrogens is 2. The number of hydrogen-bond acceptors (Lipinski definition) is 7. The minimum absolute atomic E-state index is 0.103. The van der Waals surface area contributed by atoms with Gasteiger partial charge in [-0.15, -0.1) is 0 Å². The average molecular weight is 509 g/mol. The lowest BCUT2D eigenvalue weighted by molar-refractivity contribution is -0.154. The molecule has 1 heterocycles. The smallest absolute Gasteiger partial charge is 0.350 e. The summed E-state index contributed by atoms with van der Waals surface area (Å²) in [6, 6.07) is 5.39. The van der Waals surface area contributed by atoms with E-state index in [4.69, 9.17) is 13.8 Å². The molecule has 0 N–H and O–H groups in total. The third-order valence-electron chi connectivity index (χ3n) is 3.95. The minimum Gasteiger partial charge on any atom is -0.459 e. The molecule has 7 nitrogen and oxygen atoms in total. The molecular formula is C19H24BrF2N2O5P. The molecule has 0 aliphatic carbocycles. The van der Waals surface area contributed by atoms with Crippen molar-refractivity contribution in [1.29, 1.82) is 0 Å². The van der Waals surface area contributed by atoms with Crippen LogP contribution >= 0.6 is 23.3 Å². The zero-order chi connectivity index (χ0) is 22.7. The van der Waals surface area contributed by atoms with Crippen LogP contribution in [0, 0.1) is 0 Å². The number of benzene rings is 1. The molecule has 0 fully saturated rings. The van der Waals surface area contributed by atoms with Gasteiger partial charge >= 0.3 is 17.8 Å². The van der Waals surface area contributed by atoms with Crippen molar-refractivity contribution >= 4 is 29.3 Å². The van der Waals surface area contributed by atoms with Crippen molar-refractivity contribution in [2.24, 2.45) is 0 Å². The number of esters is 1. The predicted molar refractivity (Wildman–Crippen MR) is 110 cm³/mol. The number of alkyl halides is 2. The van der Waals surface area contributed by atoms with E-state index in [1.54, 1.807) is 27.7 Å². The molecule has 0 bridgehead atoms. The lowest BCUT2D eigenvalue weighted by Crippen LogP contribution is -2.33. The first-order valence-corrected chi connectivity index (χ1v) is 12.1. The maximum atomic E-state index is 14.7. The molecule has 0 aliphatic rings. The first kappa shape index (κ1) is 24.6. The fraction of sp³-hybridized carbons (Fsp3) is 0.526. The number of hydrogen-bond donors (Lipinski definition) is 0. The molecule has 0 spiro atoms. The van der Waals surface area contributed by atoms with Gasteiger partial charge in [0.2, 0.25) is 7.37 Å². The molecule has 2 aromatic rings. The van der Waals surface area contributed by atoms with Gasteiger partial charge in [-0.25, -0.2) is 0 Å². The monoisotopic (exact) mass is 508 g/mol. The summed E-state index contributed by atoms with van der Waals surface area (Å²) in [5.41, 5.74) is -2.43. The van der Waals surface area contributed by atoms with Crippen molar-refractivity contribution < 1.29 is 31.9 Å². The van der Waals surface area contributed by atoms with Crippen molar-refractivity contribution in [1.82, 2.24) is 10.1 Å². The molecule has 2 rings (SSSR count). The number of carbonyl (C=O) groups is 1. The number of ether oxygens (including phenoxy) is 1. The molecule has 1 aromatic heterocycles. The van der Waals surface area contributed by atoms with Gasteiger partial charge in [-0.3, -0.25) is 9.36 Å². The standard InChI is InChI=1S/C19H24BrF2N2O5P/c1-6-27-30(5,26)14(16(25)28-18(2,3)4)11-15-23-17(29-24-15)19(21,22)12-7-9-13(20)10-8-12/h7-10,14H,6,11H2,1-5H3. The number of nitrogens with zero attached hydrogens (tertiary/aromatic N) is 2. The topological polar surface area (TPSA) is 91.5 Å². The summed E-state index contributed by atoms with van der Waals surface area (Å²) in [4.78, 5) is 16.4. The van der Waals surface area contributed by atoms with Gasteiger partial charge in [0.05, 0.1) is 6.61 Å². The fourth-order valence-electron chi connectivity index (χ4n) is 2.58. The van der Waals surface area contributed by atoms with Crippen molar-refractivity contribution in [2.45, 2.75) is 51.3 Å². The van der Waals surface area contributed by atoms with E-state index in [1.165, 1.54) is 30.9 Å². The second-order valence-corrected chi connectivity index (χ2v) is 11.3. The lowest BCUT2D eigenvalue weighted by atomic mass is 10.1. The maximum Gasteiger partial charge on any atom is 0.350 e. The third kappa shape index (κ3) is 6.18. The van der Waals surface area contributed by atoms with E-state index in [1.807, 2.05) is 0 Å². The van der Waals surface area contributed by atoms with Crippen LogP contribution in [0.4, 0.5) is 8.78 Å². The van der Waals surface area contributed by atoms with Crippen LogP contribution in [0.1, 0.15) is 45.0 Å². The molecule has 0 saturated heterocycles. The molecule has 0 amide bonds. The van der Waals surface area contributed by atoms with Crippen LogP contribution in [-0.2, 0) is 31.0 Å². The second-order valence-electron chi connectivity index (χ2n) is 7.68. The molecule has 0 radical (unpaired) electrons. The number of rotatable bonds is 8. The third-order valence-corrected chi connectivity index (χ3v) is 6.78. The zero-order valence-electron chi connectivity index (χ0n) is 17.3. The first-order chi connectivity index (χ1) is 13.8. The summed E-state index contributed by atoms with van der Waals surface area (Å²) in [6.07, 6.45) is -0.331. The van der Waals surface area contributed by atoms with Crippen LogP contribution in [0.5, 0.6) is 0 Å². The number of carbonyl (C=O) groups excluding carboxylic acids is 1. The van der Waals surface area contributed by atoms with Gasteiger partial charge in [-0.2, -0.15) is 13.8 Å². The van der Waals surface area contributed by atoms with E-state index in [9.17, 15) is 18.1 Å². The van der Waals surface area contributed by atoms with Crippen molar-refractivity contribution in [3.8, 4) is 0 Å². The Balaban J connectivity index is 2.31. The van der Waals surface area contributed by atoms with E-state index in [-0.39, 0.29) is 24.4 Å². The molecule has 0 aliphatic heterocycles. The number of halogens is 3. The summed E-state index contributed by atoms with van der Waals surface area (Å²) in [5, 5.41) is 3.56. The quantitative estimate of drug-likeness (QED) is 0.358.